The average molecular weight is 182 g/mol. The molecule has 0 aliphatic heterocycles. The van der Waals surface area contributed by atoms with Gasteiger partial charge in [0.05, 0.1) is 0 Å². The summed E-state index contributed by atoms with van der Waals surface area (Å²) in [5, 5.41) is 9.00. The van der Waals surface area contributed by atoms with E-state index >= 15 is 0 Å². The molecule has 0 amide bonds. The molecule has 0 aromatic rings. The highest BCUT2D eigenvalue weighted by atomic mass is 16.3. The first-order valence-electron chi connectivity index (χ1n) is 5.92. The molecule has 1 nitrogen and oxygen atoms in total. The molecule has 2 rings (SSSR count). The fraction of sp³-hybridized carbons (Fsp3) is 1.00. The Labute approximate surface area is 81.5 Å². The van der Waals surface area contributed by atoms with Crippen molar-refractivity contribution in [2.24, 2.45) is 23.7 Å². The first kappa shape index (κ1) is 9.51. The van der Waals surface area contributed by atoms with E-state index in [1.807, 2.05) is 0 Å². The minimum atomic E-state index is 0.397. The maximum atomic E-state index is 9.00. The van der Waals surface area contributed by atoms with Gasteiger partial charge in [-0.25, -0.2) is 0 Å². The van der Waals surface area contributed by atoms with Gasteiger partial charge >= 0.3 is 0 Å². The molecule has 4 unspecified atom stereocenters. The molecule has 76 valence electrons. The van der Waals surface area contributed by atoms with Crippen molar-refractivity contribution in [1.29, 1.82) is 0 Å². The van der Waals surface area contributed by atoms with Gasteiger partial charge in [0.2, 0.25) is 0 Å². The van der Waals surface area contributed by atoms with Crippen LogP contribution in [0.3, 0.4) is 0 Å². The van der Waals surface area contributed by atoms with Gasteiger partial charge < -0.3 is 5.11 Å². The zero-order valence-corrected chi connectivity index (χ0v) is 8.71. The molecule has 1 N–H and O–H groups in total. The Morgan fingerprint density at radius 2 is 2.08 bits per heavy atom. The molecule has 2 aliphatic carbocycles. The van der Waals surface area contributed by atoms with E-state index in [4.69, 9.17) is 5.11 Å². The Balaban J connectivity index is 1.98. The lowest BCUT2D eigenvalue weighted by molar-refractivity contribution is 0.0586. The summed E-state index contributed by atoms with van der Waals surface area (Å²) in [5.41, 5.74) is 0. The van der Waals surface area contributed by atoms with Crippen LogP contribution in [0, 0.1) is 23.7 Å². The van der Waals surface area contributed by atoms with Crippen LogP contribution in [0.4, 0.5) is 0 Å². The summed E-state index contributed by atoms with van der Waals surface area (Å²) < 4.78 is 0. The van der Waals surface area contributed by atoms with Crippen LogP contribution < -0.4 is 0 Å². The van der Waals surface area contributed by atoms with E-state index in [1.165, 1.54) is 32.1 Å². The highest BCUT2D eigenvalue weighted by Crippen LogP contribution is 2.46. The van der Waals surface area contributed by atoms with Crippen molar-refractivity contribution in [3.8, 4) is 0 Å². The van der Waals surface area contributed by atoms with E-state index in [1.54, 1.807) is 0 Å². The van der Waals surface area contributed by atoms with E-state index in [-0.39, 0.29) is 0 Å². The molecule has 0 heterocycles. The van der Waals surface area contributed by atoms with Crippen LogP contribution in [0.2, 0.25) is 0 Å². The van der Waals surface area contributed by atoms with Crippen LogP contribution in [0.5, 0.6) is 0 Å². The summed E-state index contributed by atoms with van der Waals surface area (Å²) in [6, 6.07) is 0. The van der Waals surface area contributed by atoms with Crippen LogP contribution in [-0.2, 0) is 0 Å². The van der Waals surface area contributed by atoms with Crippen LogP contribution in [0.25, 0.3) is 0 Å². The third kappa shape index (κ3) is 1.90. The molecule has 4 atom stereocenters. The molecule has 2 saturated carbocycles. The monoisotopic (exact) mass is 182 g/mol. The summed E-state index contributed by atoms with van der Waals surface area (Å²) in [6.07, 6.45) is 8.33. The Bertz CT molecular complexity index is 167. The standard InChI is InChI=1S/C12H22O/c1-9-11-4-2-3-10(7-11)8-12(9)5-6-13/h9-13H,2-8H2,1H3. The maximum absolute atomic E-state index is 9.00. The Morgan fingerprint density at radius 3 is 2.85 bits per heavy atom. The summed E-state index contributed by atoms with van der Waals surface area (Å²) in [5.74, 6) is 3.70. The molecule has 0 aromatic carbocycles. The first-order valence-corrected chi connectivity index (χ1v) is 5.92. The fourth-order valence-corrected chi connectivity index (χ4v) is 3.60. The van der Waals surface area contributed by atoms with Gasteiger partial charge in [0.1, 0.15) is 0 Å². The second-order valence-electron chi connectivity index (χ2n) is 5.16. The van der Waals surface area contributed by atoms with Gasteiger partial charge in [-0.05, 0) is 42.9 Å². The van der Waals surface area contributed by atoms with E-state index < -0.39 is 0 Å². The summed E-state index contributed by atoms with van der Waals surface area (Å²) in [7, 11) is 0. The molecule has 0 saturated heterocycles. The van der Waals surface area contributed by atoms with Crippen molar-refractivity contribution in [3.05, 3.63) is 0 Å². The minimum Gasteiger partial charge on any atom is -0.396 e. The molecule has 0 spiro atoms. The average Bonchev–Trinajstić information content (AvgIpc) is 2.15. The number of hydrogen-bond acceptors (Lipinski definition) is 1. The molecule has 1 heteroatoms. The molecule has 13 heavy (non-hydrogen) atoms. The largest absolute Gasteiger partial charge is 0.396 e. The molecule has 0 aromatic heterocycles. The third-order valence-electron chi connectivity index (χ3n) is 4.45. The highest BCUT2D eigenvalue weighted by Gasteiger charge is 2.36. The normalized spacial score (nSPS) is 44.8. The summed E-state index contributed by atoms with van der Waals surface area (Å²) in [4.78, 5) is 0. The lowest BCUT2D eigenvalue weighted by Gasteiger charge is -2.44. The van der Waals surface area contributed by atoms with Gasteiger partial charge in [-0.3, -0.25) is 0 Å². The van der Waals surface area contributed by atoms with Gasteiger partial charge in [0.15, 0.2) is 0 Å². The quantitative estimate of drug-likeness (QED) is 0.696. The zero-order chi connectivity index (χ0) is 9.26. The third-order valence-corrected chi connectivity index (χ3v) is 4.45. The van der Waals surface area contributed by atoms with E-state index in [0.29, 0.717) is 6.61 Å². The molecule has 2 bridgehead atoms. The topological polar surface area (TPSA) is 20.2 Å². The molecular weight excluding hydrogens is 160 g/mol. The van der Waals surface area contributed by atoms with Crippen LogP contribution in [0.15, 0.2) is 0 Å². The van der Waals surface area contributed by atoms with Crippen molar-refractivity contribution >= 4 is 0 Å². The van der Waals surface area contributed by atoms with E-state index in [0.717, 1.165) is 30.1 Å². The molecule has 0 radical (unpaired) electrons. The lowest BCUT2D eigenvalue weighted by atomic mass is 9.62. The van der Waals surface area contributed by atoms with Crippen molar-refractivity contribution in [3.63, 3.8) is 0 Å². The first-order chi connectivity index (χ1) is 6.31. The van der Waals surface area contributed by atoms with Gasteiger partial charge in [0, 0.05) is 6.61 Å². The predicted octanol–water partition coefficient (Wildman–Crippen LogP) is 2.83. The fourth-order valence-electron chi connectivity index (χ4n) is 3.60. The van der Waals surface area contributed by atoms with Crippen molar-refractivity contribution < 1.29 is 5.11 Å². The van der Waals surface area contributed by atoms with Crippen molar-refractivity contribution in [2.75, 3.05) is 6.61 Å². The lowest BCUT2D eigenvalue weighted by Crippen LogP contribution is -2.34. The second-order valence-corrected chi connectivity index (χ2v) is 5.16. The smallest absolute Gasteiger partial charge is 0.0433 e. The molecule has 2 fully saturated rings. The van der Waals surface area contributed by atoms with Gasteiger partial charge in [-0.2, -0.15) is 0 Å². The van der Waals surface area contributed by atoms with Crippen LogP contribution in [-0.4, -0.2) is 11.7 Å². The zero-order valence-electron chi connectivity index (χ0n) is 8.71. The number of rotatable bonds is 2. The Hall–Kier alpha value is -0.0400. The SMILES string of the molecule is CC1C(CCO)CC2CCCC1C2. The number of aliphatic hydroxyl groups excluding tert-OH is 1. The minimum absolute atomic E-state index is 0.397. The van der Waals surface area contributed by atoms with Gasteiger partial charge in [-0.15, -0.1) is 0 Å². The second kappa shape index (κ2) is 4.00. The van der Waals surface area contributed by atoms with Gasteiger partial charge in [0.25, 0.3) is 0 Å². The molecular formula is C12H22O. The number of aliphatic hydroxyl groups is 1. The predicted molar refractivity (Wildman–Crippen MR) is 54.4 cm³/mol. The summed E-state index contributed by atoms with van der Waals surface area (Å²) in [6.45, 7) is 2.81. The van der Waals surface area contributed by atoms with Crippen LogP contribution in [0.1, 0.15) is 45.4 Å². The Morgan fingerprint density at radius 1 is 1.23 bits per heavy atom. The van der Waals surface area contributed by atoms with Gasteiger partial charge in [-0.1, -0.05) is 26.2 Å². The number of hydrogen-bond donors (Lipinski definition) is 1. The summed E-state index contributed by atoms with van der Waals surface area (Å²) >= 11 is 0. The van der Waals surface area contributed by atoms with Crippen molar-refractivity contribution in [2.45, 2.75) is 45.4 Å². The van der Waals surface area contributed by atoms with E-state index in [9.17, 15) is 0 Å². The molecule has 2 aliphatic rings. The van der Waals surface area contributed by atoms with Crippen LogP contribution >= 0.6 is 0 Å². The van der Waals surface area contributed by atoms with Crippen molar-refractivity contribution in [1.82, 2.24) is 0 Å². The number of fused-ring (bicyclic) bond motifs is 2. The van der Waals surface area contributed by atoms with E-state index in [2.05, 4.69) is 6.92 Å². The highest BCUT2D eigenvalue weighted by molar-refractivity contribution is 4.87. The Kier molecular flexibility index (Phi) is 2.92. The maximum Gasteiger partial charge on any atom is 0.0433 e.